The number of rotatable bonds is 2. The highest BCUT2D eigenvalue weighted by molar-refractivity contribution is 5.98. The molecule has 1 aliphatic heterocycles. The SMILES string of the molecule is CC1(C)C(=O)N(C2[C@H]3CC4C[C@H]2CC(O)(C4)C3)N1c1ccc(N)cc1. The Labute approximate surface area is 148 Å². The number of nitrogen functional groups attached to an aromatic ring is 1. The maximum Gasteiger partial charge on any atom is 0.268 e. The fourth-order valence-electron chi connectivity index (χ4n) is 6.37. The standard InChI is InChI=1S/C20H27N3O2/c1-19(2)18(24)22(23(19)16-5-3-15(21)4-6-16)17-13-7-12-8-14(17)11-20(25,9-12)10-13/h3-6,12-14,17,25H,7-11,21H2,1-2H3/t12?,13-,14-,17?,20?/m0/s1. The highest BCUT2D eigenvalue weighted by Crippen LogP contribution is 2.58. The van der Waals surface area contributed by atoms with E-state index < -0.39 is 11.1 Å². The third-order valence-electron chi connectivity index (χ3n) is 7.09. The van der Waals surface area contributed by atoms with Gasteiger partial charge >= 0.3 is 0 Å². The second-order valence-electron chi connectivity index (χ2n) is 9.30. The van der Waals surface area contributed by atoms with E-state index in [-0.39, 0.29) is 11.9 Å². The molecule has 0 radical (unpaired) electrons. The molecule has 1 heterocycles. The molecular formula is C20H27N3O2. The molecule has 4 bridgehead atoms. The molecule has 5 nitrogen and oxygen atoms in total. The van der Waals surface area contributed by atoms with Crippen molar-refractivity contribution in [2.75, 3.05) is 10.7 Å². The first kappa shape index (κ1) is 15.5. The van der Waals surface area contributed by atoms with E-state index in [1.807, 2.05) is 43.1 Å². The van der Waals surface area contributed by atoms with Gasteiger partial charge in [0, 0.05) is 5.69 Å². The molecule has 1 aromatic rings. The zero-order chi connectivity index (χ0) is 17.6. The lowest BCUT2D eigenvalue weighted by molar-refractivity contribution is -0.190. The predicted molar refractivity (Wildman–Crippen MR) is 96.6 cm³/mol. The van der Waals surface area contributed by atoms with Crippen molar-refractivity contribution in [2.24, 2.45) is 17.8 Å². The number of benzene rings is 1. The van der Waals surface area contributed by atoms with Gasteiger partial charge in [-0.05, 0) is 88.0 Å². The first-order valence-corrected chi connectivity index (χ1v) is 9.50. The lowest BCUT2D eigenvalue weighted by atomic mass is 9.52. The Morgan fingerprint density at radius 1 is 1.08 bits per heavy atom. The second kappa shape index (κ2) is 4.70. The van der Waals surface area contributed by atoms with E-state index in [4.69, 9.17) is 5.73 Å². The minimum Gasteiger partial charge on any atom is -0.399 e. The van der Waals surface area contributed by atoms with E-state index in [9.17, 15) is 9.90 Å². The summed E-state index contributed by atoms with van der Waals surface area (Å²) in [6.07, 6.45) is 4.98. The van der Waals surface area contributed by atoms with Crippen molar-refractivity contribution >= 4 is 17.3 Å². The van der Waals surface area contributed by atoms with Crippen molar-refractivity contribution in [3.8, 4) is 0 Å². The average Bonchev–Trinajstić information content (AvgIpc) is 2.53. The van der Waals surface area contributed by atoms with Crippen LogP contribution < -0.4 is 10.7 Å². The van der Waals surface area contributed by atoms with E-state index in [1.54, 1.807) is 0 Å². The molecule has 2 atom stereocenters. The van der Waals surface area contributed by atoms with Crippen LogP contribution in [0.25, 0.3) is 0 Å². The Kier molecular flexibility index (Phi) is 2.91. The van der Waals surface area contributed by atoms with Gasteiger partial charge in [-0.3, -0.25) is 9.80 Å². The first-order chi connectivity index (χ1) is 11.8. The van der Waals surface area contributed by atoms with Gasteiger partial charge in [-0.25, -0.2) is 5.01 Å². The zero-order valence-corrected chi connectivity index (χ0v) is 15.0. The summed E-state index contributed by atoms with van der Waals surface area (Å²) in [7, 11) is 0. The van der Waals surface area contributed by atoms with E-state index >= 15 is 0 Å². The van der Waals surface area contributed by atoms with Crippen molar-refractivity contribution in [1.29, 1.82) is 0 Å². The van der Waals surface area contributed by atoms with Crippen LogP contribution in [-0.2, 0) is 4.79 Å². The van der Waals surface area contributed by atoms with Crippen LogP contribution in [0.5, 0.6) is 0 Å². The number of nitrogens with zero attached hydrogens (tertiary/aromatic N) is 2. The van der Waals surface area contributed by atoms with Gasteiger partial charge in [-0.2, -0.15) is 0 Å². The van der Waals surface area contributed by atoms with E-state index in [2.05, 4.69) is 5.01 Å². The summed E-state index contributed by atoms with van der Waals surface area (Å²) in [6, 6.07) is 8.02. The molecule has 4 aliphatic carbocycles. The summed E-state index contributed by atoms with van der Waals surface area (Å²) in [5, 5.41) is 15.0. The van der Waals surface area contributed by atoms with E-state index in [1.165, 1.54) is 0 Å². The van der Waals surface area contributed by atoms with Crippen LogP contribution in [0.4, 0.5) is 11.4 Å². The maximum atomic E-state index is 13.0. The number of hydrogen-bond acceptors (Lipinski definition) is 4. The topological polar surface area (TPSA) is 69.8 Å². The molecule has 0 unspecified atom stereocenters. The Bertz CT molecular complexity index is 713. The average molecular weight is 341 g/mol. The molecule has 5 heteroatoms. The van der Waals surface area contributed by atoms with Gasteiger partial charge in [0.05, 0.1) is 17.3 Å². The molecular weight excluding hydrogens is 314 g/mol. The van der Waals surface area contributed by atoms with Gasteiger partial charge in [-0.15, -0.1) is 0 Å². The van der Waals surface area contributed by atoms with E-state index in [0.29, 0.717) is 17.8 Å². The number of nitrogens with two attached hydrogens (primary N) is 1. The minimum absolute atomic E-state index is 0.203. The molecule has 5 aliphatic rings. The van der Waals surface area contributed by atoms with Crippen molar-refractivity contribution in [2.45, 2.75) is 63.1 Å². The van der Waals surface area contributed by atoms with Gasteiger partial charge in [0.25, 0.3) is 5.91 Å². The minimum atomic E-state index is -0.526. The smallest absolute Gasteiger partial charge is 0.268 e. The lowest BCUT2D eigenvalue weighted by Gasteiger charge is -2.67. The van der Waals surface area contributed by atoms with Crippen LogP contribution in [0.3, 0.4) is 0 Å². The summed E-state index contributed by atoms with van der Waals surface area (Å²) in [5.41, 5.74) is 6.60. The van der Waals surface area contributed by atoms with Crippen molar-refractivity contribution in [3.63, 3.8) is 0 Å². The van der Waals surface area contributed by atoms with Crippen LogP contribution in [-0.4, -0.2) is 33.2 Å². The summed E-state index contributed by atoms with van der Waals surface area (Å²) in [4.78, 5) is 13.0. The van der Waals surface area contributed by atoms with E-state index in [0.717, 1.165) is 43.5 Å². The molecule has 0 aromatic heterocycles. The molecule has 1 amide bonds. The lowest BCUT2D eigenvalue weighted by Crippen LogP contribution is -2.80. The number of carbonyl (C=O) groups excluding carboxylic acids is 1. The molecule has 3 N–H and O–H groups in total. The quantitative estimate of drug-likeness (QED) is 0.811. The van der Waals surface area contributed by atoms with Crippen molar-refractivity contribution < 1.29 is 9.90 Å². The number of hydrogen-bond donors (Lipinski definition) is 2. The molecule has 6 rings (SSSR count). The normalized spacial score (nSPS) is 41.2. The van der Waals surface area contributed by atoms with Gasteiger partial charge in [0.15, 0.2) is 0 Å². The second-order valence-corrected chi connectivity index (χ2v) is 9.30. The summed E-state index contributed by atoms with van der Waals surface area (Å²) < 4.78 is 0. The maximum absolute atomic E-state index is 13.0. The molecule has 1 saturated heterocycles. The van der Waals surface area contributed by atoms with Crippen LogP contribution in [0, 0.1) is 17.8 Å². The molecule has 25 heavy (non-hydrogen) atoms. The number of aliphatic hydroxyl groups is 1. The molecule has 134 valence electrons. The third-order valence-corrected chi connectivity index (χ3v) is 7.09. The fraction of sp³-hybridized carbons (Fsp3) is 0.650. The summed E-state index contributed by atoms with van der Waals surface area (Å²) in [5.74, 6) is 1.70. The van der Waals surface area contributed by atoms with Crippen LogP contribution in [0.2, 0.25) is 0 Å². The molecule has 1 aromatic carbocycles. The largest absolute Gasteiger partial charge is 0.399 e. The van der Waals surface area contributed by atoms with Crippen LogP contribution >= 0.6 is 0 Å². The first-order valence-electron chi connectivity index (χ1n) is 9.50. The molecule has 5 fully saturated rings. The predicted octanol–water partition coefficient (Wildman–Crippen LogP) is 2.55. The van der Waals surface area contributed by atoms with Gasteiger partial charge in [0.2, 0.25) is 0 Å². The highest BCUT2D eigenvalue weighted by Gasteiger charge is 2.63. The number of anilines is 2. The van der Waals surface area contributed by atoms with Crippen molar-refractivity contribution in [3.05, 3.63) is 24.3 Å². The van der Waals surface area contributed by atoms with Gasteiger partial charge in [0.1, 0.15) is 5.54 Å². The Morgan fingerprint density at radius 3 is 2.24 bits per heavy atom. The zero-order valence-electron chi connectivity index (χ0n) is 15.0. The monoisotopic (exact) mass is 341 g/mol. The van der Waals surface area contributed by atoms with Crippen molar-refractivity contribution in [1.82, 2.24) is 5.01 Å². The number of amides is 1. The van der Waals surface area contributed by atoms with Gasteiger partial charge in [-0.1, -0.05) is 0 Å². The van der Waals surface area contributed by atoms with Gasteiger partial charge < -0.3 is 10.8 Å². The molecule has 0 spiro atoms. The molecule has 4 saturated carbocycles. The fourth-order valence-corrected chi connectivity index (χ4v) is 6.37. The Morgan fingerprint density at radius 2 is 1.68 bits per heavy atom. The highest BCUT2D eigenvalue weighted by atomic mass is 16.3. The third kappa shape index (κ3) is 2.02. The Balaban J connectivity index is 1.50. The van der Waals surface area contributed by atoms with Crippen LogP contribution in [0.15, 0.2) is 24.3 Å². The Hall–Kier alpha value is -1.75. The number of carbonyl (C=O) groups is 1. The van der Waals surface area contributed by atoms with Crippen LogP contribution in [0.1, 0.15) is 46.0 Å². The summed E-state index contributed by atoms with van der Waals surface area (Å²) >= 11 is 0. The number of hydrazine groups is 1. The summed E-state index contributed by atoms with van der Waals surface area (Å²) in [6.45, 7) is 3.98.